The third-order valence-corrected chi connectivity index (χ3v) is 6.60. The molecule has 2 aliphatic carbocycles. The molecule has 2 saturated carbocycles. The molecule has 4 fully saturated rings. The van der Waals surface area contributed by atoms with E-state index >= 15 is 0 Å². The monoisotopic (exact) mass is 484 g/mol. The number of carbonyl (C=O) groups excluding carboxylic acids is 4. The SMILES string of the molecule is O=C(CCC(=O)OC1C2CC3CC(C2)C(=O)OC1C3)OCCOC(=O)C(F)(F)S(=O)(=O)O. The Labute approximate surface area is 181 Å². The van der Waals surface area contributed by atoms with Gasteiger partial charge in [-0.3, -0.25) is 18.9 Å². The summed E-state index contributed by atoms with van der Waals surface area (Å²) in [6, 6.07) is 0. The van der Waals surface area contributed by atoms with Crippen LogP contribution in [0.3, 0.4) is 0 Å². The zero-order chi connectivity index (χ0) is 23.7. The van der Waals surface area contributed by atoms with E-state index in [1.165, 1.54) is 0 Å². The fourth-order valence-electron chi connectivity index (χ4n) is 4.40. The van der Waals surface area contributed by atoms with Crippen LogP contribution in [0.4, 0.5) is 8.78 Å². The number of carbonyl (C=O) groups is 4. The van der Waals surface area contributed by atoms with Gasteiger partial charge < -0.3 is 18.9 Å². The van der Waals surface area contributed by atoms with Crippen molar-refractivity contribution in [3.63, 3.8) is 0 Å². The van der Waals surface area contributed by atoms with E-state index in [1.807, 2.05) is 0 Å². The first kappa shape index (κ1) is 24.3. The smallest absolute Gasteiger partial charge is 0.462 e. The Balaban J connectivity index is 1.36. The van der Waals surface area contributed by atoms with Gasteiger partial charge in [0.2, 0.25) is 0 Å². The molecule has 0 aromatic heterocycles. The Hall–Kier alpha value is -2.35. The van der Waals surface area contributed by atoms with Crippen molar-refractivity contribution < 1.29 is 59.9 Å². The predicted octanol–water partition coefficient (Wildman–Crippen LogP) is 0.607. The van der Waals surface area contributed by atoms with Crippen LogP contribution >= 0.6 is 0 Å². The van der Waals surface area contributed by atoms with Gasteiger partial charge in [0.25, 0.3) is 0 Å². The molecule has 0 radical (unpaired) electrons. The van der Waals surface area contributed by atoms with Gasteiger partial charge in [-0.2, -0.15) is 17.2 Å². The molecule has 5 atom stereocenters. The van der Waals surface area contributed by atoms with Crippen molar-refractivity contribution in [2.45, 2.75) is 56.0 Å². The zero-order valence-electron chi connectivity index (χ0n) is 16.7. The minimum absolute atomic E-state index is 0.0235. The van der Waals surface area contributed by atoms with Crippen LogP contribution in [0.1, 0.15) is 38.5 Å². The fraction of sp³-hybridized carbons (Fsp3) is 0.778. The molecule has 14 heteroatoms. The van der Waals surface area contributed by atoms with Crippen molar-refractivity contribution in [1.82, 2.24) is 0 Å². The number of halogens is 2. The number of alkyl halides is 2. The lowest BCUT2D eigenvalue weighted by Crippen LogP contribution is -2.45. The lowest BCUT2D eigenvalue weighted by Gasteiger charge is -2.41. The summed E-state index contributed by atoms with van der Waals surface area (Å²) in [5.74, 6) is -4.16. The highest BCUT2D eigenvalue weighted by Gasteiger charge is 2.54. The lowest BCUT2D eigenvalue weighted by molar-refractivity contribution is -0.173. The summed E-state index contributed by atoms with van der Waals surface area (Å²) >= 11 is 0. The molecule has 32 heavy (non-hydrogen) atoms. The quantitative estimate of drug-likeness (QED) is 0.211. The highest BCUT2D eigenvalue weighted by Crippen LogP contribution is 2.48. The summed E-state index contributed by atoms with van der Waals surface area (Å²) in [6.45, 7) is -1.56. The maximum atomic E-state index is 13.0. The van der Waals surface area contributed by atoms with Gasteiger partial charge >= 0.3 is 39.2 Å². The molecule has 1 N–H and O–H groups in total. The number of fused-ring (bicyclic) bond motifs is 1. The second-order valence-corrected chi connectivity index (χ2v) is 9.51. The molecule has 0 amide bonds. The third-order valence-electron chi connectivity index (χ3n) is 5.78. The van der Waals surface area contributed by atoms with Crippen molar-refractivity contribution in [1.29, 1.82) is 0 Å². The third kappa shape index (κ3) is 5.34. The summed E-state index contributed by atoms with van der Waals surface area (Å²) in [4.78, 5) is 46.8. The highest BCUT2D eigenvalue weighted by molar-refractivity contribution is 7.87. The van der Waals surface area contributed by atoms with Crippen LogP contribution < -0.4 is 0 Å². The molecule has 2 aliphatic heterocycles. The molecular weight excluding hydrogens is 462 g/mol. The van der Waals surface area contributed by atoms with Gasteiger partial charge in [0.1, 0.15) is 25.4 Å². The topological polar surface area (TPSA) is 160 Å². The number of hydrogen-bond donors (Lipinski definition) is 1. The first-order valence-corrected chi connectivity index (χ1v) is 11.4. The number of hydrogen-bond acceptors (Lipinski definition) is 10. The summed E-state index contributed by atoms with van der Waals surface area (Å²) in [5, 5.41) is -5.15. The van der Waals surface area contributed by atoms with Crippen LogP contribution in [0.5, 0.6) is 0 Å². The number of ether oxygens (including phenoxy) is 4. The van der Waals surface area contributed by atoms with Gasteiger partial charge in [-0.15, -0.1) is 0 Å². The molecule has 5 unspecified atom stereocenters. The van der Waals surface area contributed by atoms with Gasteiger partial charge in [-0.1, -0.05) is 0 Å². The summed E-state index contributed by atoms with van der Waals surface area (Å²) in [5.41, 5.74) is 0. The highest BCUT2D eigenvalue weighted by atomic mass is 32.2. The molecule has 180 valence electrons. The molecular formula is C18H22F2O11S. The van der Waals surface area contributed by atoms with Crippen molar-refractivity contribution in [3.8, 4) is 0 Å². The first-order valence-electron chi connectivity index (χ1n) is 9.96. The van der Waals surface area contributed by atoms with Crippen LogP contribution in [-0.2, 0) is 48.2 Å². The van der Waals surface area contributed by atoms with Gasteiger partial charge in [-0.05, 0) is 31.6 Å². The molecule has 2 saturated heterocycles. The summed E-state index contributed by atoms with van der Waals surface area (Å²) in [6.07, 6.45) is 1.07. The Morgan fingerprint density at radius 1 is 1.03 bits per heavy atom. The van der Waals surface area contributed by atoms with Gasteiger partial charge in [-0.25, -0.2) is 4.79 Å². The van der Waals surface area contributed by atoms with Gasteiger partial charge in [0, 0.05) is 5.92 Å². The normalized spacial score (nSPS) is 29.1. The van der Waals surface area contributed by atoms with Crippen molar-refractivity contribution in [2.75, 3.05) is 13.2 Å². The first-order chi connectivity index (χ1) is 14.9. The summed E-state index contributed by atoms with van der Waals surface area (Å²) < 4.78 is 74.5. The molecule has 0 spiro atoms. The Bertz CT molecular complexity index is 887. The van der Waals surface area contributed by atoms with Crippen molar-refractivity contribution in [2.24, 2.45) is 17.8 Å². The van der Waals surface area contributed by atoms with E-state index in [0.29, 0.717) is 18.8 Å². The van der Waals surface area contributed by atoms with Crippen LogP contribution in [0.25, 0.3) is 0 Å². The maximum absolute atomic E-state index is 13.0. The molecule has 4 aliphatic rings. The minimum Gasteiger partial charge on any atom is -0.462 e. The molecule has 4 bridgehead atoms. The molecule has 0 aromatic rings. The average Bonchev–Trinajstić information content (AvgIpc) is 2.86. The van der Waals surface area contributed by atoms with Crippen molar-refractivity contribution in [3.05, 3.63) is 0 Å². The molecule has 4 rings (SSSR count). The van der Waals surface area contributed by atoms with E-state index < -0.39 is 65.1 Å². The predicted molar refractivity (Wildman–Crippen MR) is 96.3 cm³/mol. The van der Waals surface area contributed by atoms with Gasteiger partial charge in [0.05, 0.1) is 18.8 Å². The maximum Gasteiger partial charge on any atom is 0.465 e. The largest absolute Gasteiger partial charge is 0.465 e. The molecule has 0 aromatic carbocycles. The minimum atomic E-state index is -5.99. The van der Waals surface area contributed by atoms with Crippen LogP contribution in [0, 0.1) is 17.8 Å². The van der Waals surface area contributed by atoms with Crippen LogP contribution in [0.15, 0.2) is 0 Å². The van der Waals surface area contributed by atoms with E-state index in [-0.39, 0.29) is 24.2 Å². The lowest BCUT2D eigenvalue weighted by atomic mass is 9.67. The van der Waals surface area contributed by atoms with E-state index in [9.17, 15) is 36.4 Å². The van der Waals surface area contributed by atoms with Crippen molar-refractivity contribution >= 4 is 34.0 Å². The van der Waals surface area contributed by atoms with Crippen LogP contribution in [-0.4, -0.2) is 67.5 Å². The Morgan fingerprint density at radius 2 is 1.69 bits per heavy atom. The van der Waals surface area contributed by atoms with Crippen LogP contribution in [0.2, 0.25) is 0 Å². The Morgan fingerprint density at radius 3 is 2.38 bits per heavy atom. The number of rotatable bonds is 9. The van der Waals surface area contributed by atoms with E-state index in [1.54, 1.807) is 0 Å². The second-order valence-electron chi connectivity index (χ2n) is 8.04. The van der Waals surface area contributed by atoms with E-state index in [0.717, 1.165) is 12.8 Å². The van der Waals surface area contributed by atoms with Gasteiger partial charge in [0.15, 0.2) is 0 Å². The second kappa shape index (κ2) is 9.25. The summed E-state index contributed by atoms with van der Waals surface area (Å²) in [7, 11) is -5.99. The molecule has 11 nitrogen and oxygen atoms in total. The average molecular weight is 484 g/mol. The van der Waals surface area contributed by atoms with E-state index in [4.69, 9.17) is 14.0 Å². The Kier molecular flexibility index (Phi) is 7.03. The standard InChI is InChI=1S/C18H22F2O11S/c19-18(20,32(25,26)27)17(24)29-4-3-28-13(21)1-2-14(22)31-15-10-5-9-6-11(8-10)16(23)30-12(15)7-9/h9-12,15H,1-8H2,(H,25,26,27). The van der Waals surface area contributed by atoms with E-state index in [2.05, 4.69) is 9.47 Å². The number of esters is 4. The fourth-order valence-corrected chi connectivity index (χ4v) is 4.67. The molecule has 2 heterocycles. The zero-order valence-corrected chi connectivity index (χ0v) is 17.6.